The number of halogens is 1. The predicted octanol–water partition coefficient (Wildman–Crippen LogP) is 4.44. The SMILES string of the molecule is CC(C)(C)C1CCC(OC[C@@H](O)CN2CCN(c3cccc(Cl)c3)CC2)CC1. The molecular weight excluding hydrogens is 372 g/mol. The van der Waals surface area contributed by atoms with Crippen LogP contribution in [0.4, 0.5) is 5.69 Å². The van der Waals surface area contributed by atoms with Gasteiger partial charge in [0.05, 0.1) is 18.8 Å². The van der Waals surface area contributed by atoms with Gasteiger partial charge in [-0.1, -0.05) is 38.4 Å². The van der Waals surface area contributed by atoms with Crippen LogP contribution >= 0.6 is 11.6 Å². The average Bonchev–Trinajstić information content (AvgIpc) is 2.67. The summed E-state index contributed by atoms with van der Waals surface area (Å²) in [6, 6.07) is 8.04. The minimum atomic E-state index is -0.405. The van der Waals surface area contributed by atoms with Crippen molar-refractivity contribution in [3.05, 3.63) is 29.3 Å². The van der Waals surface area contributed by atoms with Gasteiger partial charge < -0.3 is 14.7 Å². The summed E-state index contributed by atoms with van der Waals surface area (Å²) < 4.78 is 6.05. The molecule has 28 heavy (non-hydrogen) atoms. The predicted molar refractivity (Wildman–Crippen MR) is 117 cm³/mol. The fraction of sp³-hybridized carbons (Fsp3) is 0.739. The third-order valence-corrected chi connectivity index (χ3v) is 6.67. The Morgan fingerprint density at radius 2 is 1.79 bits per heavy atom. The van der Waals surface area contributed by atoms with E-state index >= 15 is 0 Å². The summed E-state index contributed by atoms with van der Waals surface area (Å²) in [5, 5.41) is 11.2. The van der Waals surface area contributed by atoms with Crippen molar-refractivity contribution >= 4 is 17.3 Å². The van der Waals surface area contributed by atoms with Gasteiger partial charge in [-0.3, -0.25) is 4.90 Å². The van der Waals surface area contributed by atoms with E-state index in [0.717, 1.165) is 50.0 Å². The lowest BCUT2D eigenvalue weighted by molar-refractivity contribution is -0.0446. The first-order valence-corrected chi connectivity index (χ1v) is 11.2. The summed E-state index contributed by atoms with van der Waals surface area (Å²) in [5.74, 6) is 0.799. The number of rotatable bonds is 6. The number of nitrogens with zero attached hydrogens (tertiary/aromatic N) is 2. The Labute approximate surface area is 175 Å². The molecule has 2 aliphatic rings. The highest BCUT2D eigenvalue weighted by Gasteiger charge is 2.30. The highest BCUT2D eigenvalue weighted by atomic mass is 35.5. The molecule has 1 aromatic carbocycles. The normalized spacial score (nSPS) is 25.7. The lowest BCUT2D eigenvalue weighted by Gasteiger charge is -2.38. The second-order valence-electron chi connectivity index (χ2n) is 9.59. The molecule has 5 heteroatoms. The van der Waals surface area contributed by atoms with Gasteiger partial charge >= 0.3 is 0 Å². The first-order valence-electron chi connectivity index (χ1n) is 10.8. The molecule has 4 nitrogen and oxygen atoms in total. The second kappa shape index (κ2) is 9.80. The Balaban J connectivity index is 1.33. The van der Waals surface area contributed by atoms with Gasteiger partial charge in [0, 0.05) is 43.4 Å². The number of hydrogen-bond acceptors (Lipinski definition) is 4. The Morgan fingerprint density at radius 3 is 2.39 bits per heavy atom. The van der Waals surface area contributed by atoms with E-state index in [1.807, 2.05) is 18.2 Å². The minimum absolute atomic E-state index is 0.327. The summed E-state index contributed by atoms with van der Waals surface area (Å²) in [6.07, 6.45) is 4.68. The molecule has 1 N–H and O–H groups in total. The monoisotopic (exact) mass is 408 g/mol. The van der Waals surface area contributed by atoms with Crippen LogP contribution in [-0.4, -0.2) is 61.5 Å². The van der Waals surface area contributed by atoms with Gasteiger partial charge in [-0.05, 0) is 55.2 Å². The van der Waals surface area contributed by atoms with E-state index in [1.165, 1.54) is 18.5 Å². The molecule has 0 aromatic heterocycles. The molecule has 1 saturated heterocycles. The van der Waals surface area contributed by atoms with Crippen molar-refractivity contribution in [3.63, 3.8) is 0 Å². The van der Waals surface area contributed by atoms with Gasteiger partial charge in [-0.2, -0.15) is 0 Å². The van der Waals surface area contributed by atoms with Gasteiger partial charge in [0.25, 0.3) is 0 Å². The highest BCUT2D eigenvalue weighted by Crippen LogP contribution is 2.38. The smallest absolute Gasteiger partial charge is 0.0900 e. The topological polar surface area (TPSA) is 35.9 Å². The summed E-state index contributed by atoms with van der Waals surface area (Å²) in [7, 11) is 0. The van der Waals surface area contributed by atoms with Crippen LogP contribution in [0.3, 0.4) is 0 Å². The Hall–Kier alpha value is -0.810. The quantitative estimate of drug-likeness (QED) is 0.754. The van der Waals surface area contributed by atoms with Crippen molar-refractivity contribution < 1.29 is 9.84 Å². The van der Waals surface area contributed by atoms with Gasteiger partial charge in [-0.25, -0.2) is 0 Å². The van der Waals surface area contributed by atoms with Gasteiger partial charge in [0.2, 0.25) is 0 Å². The number of piperazine rings is 1. The number of anilines is 1. The van der Waals surface area contributed by atoms with Crippen LogP contribution in [0.15, 0.2) is 24.3 Å². The van der Waals surface area contributed by atoms with Crippen LogP contribution in [0.5, 0.6) is 0 Å². The van der Waals surface area contributed by atoms with E-state index in [2.05, 4.69) is 36.6 Å². The zero-order chi connectivity index (χ0) is 20.1. The molecule has 0 unspecified atom stereocenters. The first-order chi connectivity index (χ1) is 13.3. The van der Waals surface area contributed by atoms with E-state index in [1.54, 1.807) is 0 Å². The van der Waals surface area contributed by atoms with E-state index in [9.17, 15) is 5.11 Å². The summed E-state index contributed by atoms with van der Waals surface area (Å²) >= 11 is 6.11. The van der Waals surface area contributed by atoms with E-state index in [4.69, 9.17) is 16.3 Å². The molecule has 2 fully saturated rings. The number of aliphatic hydroxyl groups is 1. The lowest BCUT2D eigenvalue weighted by atomic mass is 9.72. The fourth-order valence-electron chi connectivity index (χ4n) is 4.55. The van der Waals surface area contributed by atoms with Gasteiger partial charge in [-0.15, -0.1) is 0 Å². The zero-order valence-electron chi connectivity index (χ0n) is 17.7. The lowest BCUT2D eigenvalue weighted by Crippen LogP contribution is -2.49. The Kier molecular flexibility index (Phi) is 7.66. The second-order valence-corrected chi connectivity index (χ2v) is 10.0. The van der Waals surface area contributed by atoms with Crippen molar-refractivity contribution in [2.45, 2.75) is 58.7 Å². The average molecular weight is 409 g/mol. The van der Waals surface area contributed by atoms with Crippen molar-refractivity contribution in [3.8, 4) is 0 Å². The van der Waals surface area contributed by atoms with E-state index in [0.29, 0.717) is 24.7 Å². The van der Waals surface area contributed by atoms with Crippen LogP contribution < -0.4 is 4.90 Å². The molecule has 3 rings (SSSR count). The van der Waals surface area contributed by atoms with Crippen LogP contribution in [0.25, 0.3) is 0 Å². The molecule has 1 saturated carbocycles. The zero-order valence-corrected chi connectivity index (χ0v) is 18.5. The standard InChI is InChI=1S/C23H37ClN2O2/c1-23(2,3)18-7-9-22(10-8-18)28-17-21(27)16-25-11-13-26(14-12-25)20-6-4-5-19(24)15-20/h4-6,15,18,21-22,27H,7-14,16-17H2,1-3H3/t18?,21-,22?/m0/s1. The molecule has 0 amide bonds. The van der Waals surface area contributed by atoms with Crippen LogP contribution in [0.1, 0.15) is 46.5 Å². The largest absolute Gasteiger partial charge is 0.389 e. The fourth-order valence-corrected chi connectivity index (χ4v) is 4.74. The molecule has 158 valence electrons. The number of benzene rings is 1. The maximum atomic E-state index is 10.4. The molecule has 0 bridgehead atoms. The minimum Gasteiger partial charge on any atom is -0.389 e. The van der Waals surface area contributed by atoms with Crippen molar-refractivity contribution in [2.24, 2.45) is 11.3 Å². The Bertz CT molecular complexity index is 603. The third kappa shape index (κ3) is 6.35. The molecule has 1 aliphatic heterocycles. The number of aliphatic hydroxyl groups excluding tert-OH is 1. The van der Waals surface area contributed by atoms with Crippen molar-refractivity contribution in [2.75, 3.05) is 44.2 Å². The van der Waals surface area contributed by atoms with Crippen molar-refractivity contribution in [1.29, 1.82) is 0 Å². The molecule has 1 aliphatic carbocycles. The van der Waals surface area contributed by atoms with E-state index < -0.39 is 6.10 Å². The molecule has 1 heterocycles. The van der Waals surface area contributed by atoms with Gasteiger partial charge in [0.1, 0.15) is 0 Å². The molecule has 1 aromatic rings. The first kappa shape index (κ1) is 21.9. The van der Waals surface area contributed by atoms with Gasteiger partial charge in [0.15, 0.2) is 0 Å². The molecule has 0 spiro atoms. The highest BCUT2D eigenvalue weighted by molar-refractivity contribution is 6.30. The maximum Gasteiger partial charge on any atom is 0.0900 e. The molecule has 0 radical (unpaired) electrons. The molecular formula is C23H37ClN2O2. The maximum absolute atomic E-state index is 10.4. The number of ether oxygens (including phenoxy) is 1. The van der Waals surface area contributed by atoms with Crippen LogP contribution in [0.2, 0.25) is 5.02 Å². The summed E-state index contributed by atoms with van der Waals surface area (Å²) in [4.78, 5) is 4.70. The third-order valence-electron chi connectivity index (χ3n) is 6.44. The Morgan fingerprint density at radius 1 is 1.11 bits per heavy atom. The molecule has 1 atom stereocenters. The summed E-state index contributed by atoms with van der Waals surface area (Å²) in [5.41, 5.74) is 1.58. The summed E-state index contributed by atoms with van der Waals surface area (Å²) in [6.45, 7) is 12.0. The number of hydrogen-bond donors (Lipinski definition) is 1. The van der Waals surface area contributed by atoms with Crippen molar-refractivity contribution in [1.82, 2.24) is 4.90 Å². The van der Waals surface area contributed by atoms with E-state index in [-0.39, 0.29) is 0 Å². The van der Waals surface area contributed by atoms with Crippen LogP contribution in [0, 0.1) is 11.3 Å². The van der Waals surface area contributed by atoms with Crippen LogP contribution in [-0.2, 0) is 4.74 Å². The number of β-amino-alcohol motifs (C(OH)–C–C–N with tert-alkyl or cyclic N) is 1.